The van der Waals surface area contributed by atoms with E-state index in [0.717, 1.165) is 6.08 Å². The molecule has 6 N–H and O–H groups in total. The fourth-order valence-corrected chi connectivity index (χ4v) is 2.11. The van der Waals surface area contributed by atoms with Gasteiger partial charge in [0.1, 0.15) is 12.1 Å². The fourth-order valence-electron chi connectivity index (χ4n) is 2.11. The molecule has 9 heteroatoms. The van der Waals surface area contributed by atoms with E-state index < -0.39 is 29.9 Å². The summed E-state index contributed by atoms with van der Waals surface area (Å²) < 4.78 is 4.80. The first-order chi connectivity index (χ1) is 12.8. The van der Waals surface area contributed by atoms with Crippen molar-refractivity contribution in [1.82, 2.24) is 10.6 Å². The van der Waals surface area contributed by atoms with Crippen molar-refractivity contribution in [3.05, 3.63) is 25.3 Å². The molecule has 0 saturated carbocycles. The predicted molar refractivity (Wildman–Crippen MR) is 101 cm³/mol. The standard InChI is InChI=1S/C18H30N4O5/c1-3-15(23)21-12-8-6-9-13(20)17(25)27-18(26)14(10-5-7-11-19)22-16(24)4-2/h3-4,13-14H,1-2,5-12,19-20H2,(H,21,23)(H,22,24)/t13-,14-/m0/s1. The molecule has 0 aliphatic carbocycles. The number of rotatable bonds is 14. The third-order valence-corrected chi connectivity index (χ3v) is 3.66. The molecule has 9 nitrogen and oxygen atoms in total. The molecular weight excluding hydrogens is 352 g/mol. The summed E-state index contributed by atoms with van der Waals surface area (Å²) in [6.45, 7) is 7.54. The van der Waals surface area contributed by atoms with E-state index in [1.54, 1.807) is 0 Å². The molecule has 0 aliphatic heterocycles. The smallest absolute Gasteiger partial charge is 0.336 e. The topological polar surface area (TPSA) is 154 Å². The van der Waals surface area contributed by atoms with Gasteiger partial charge in [-0.05, 0) is 57.2 Å². The fraction of sp³-hybridized carbons (Fsp3) is 0.556. The number of carbonyl (C=O) groups is 4. The maximum absolute atomic E-state index is 12.2. The highest BCUT2D eigenvalue weighted by molar-refractivity contribution is 5.95. The minimum Gasteiger partial charge on any atom is -0.390 e. The molecule has 27 heavy (non-hydrogen) atoms. The Labute approximate surface area is 159 Å². The van der Waals surface area contributed by atoms with Crippen LogP contribution in [0.4, 0.5) is 0 Å². The van der Waals surface area contributed by atoms with E-state index in [9.17, 15) is 19.2 Å². The third-order valence-electron chi connectivity index (χ3n) is 3.66. The summed E-state index contributed by atoms with van der Waals surface area (Å²) in [5.74, 6) is -2.53. The van der Waals surface area contributed by atoms with Crippen LogP contribution >= 0.6 is 0 Å². The highest BCUT2D eigenvalue weighted by Gasteiger charge is 2.26. The summed E-state index contributed by atoms with van der Waals surface area (Å²) >= 11 is 0. The number of hydrogen-bond acceptors (Lipinski definition) is 7. The summed E-state index contributed by atoms with van der Waals surface area (Å²) in [6, 6.07) is -1.93. The summed E-state index contributed by atoms with van der Waals surface area (Å²) in [5, 5.41) is 5.04. The minimum atomic E-state index is -0.969. The van der Waals surface area contributed by atoms with E-state index in [1.807, 2.05) is 0 Å². The summed E-state index contributed by atoms with van der Waals surface area (Å²) in [5.41, 5.74) is 11.1. The maximum Gasteiger partial charge on any atom is 0.336 e. The van der Waals surface area contributed by atoms with E-state index in [0.29, 0.717) is 51.6 Å². The Kier molecular flexibility index (Phi) is 13.3. The van der Waals surface area contributed by atoms with Crippen LogP contribution in [0.2, 0.25) is 0 Å². The quantitative estimate of drug-likeness (QED) is 0.139. The predicted octanol–water partition coefficient (Wildman–Crippen LogP) is -0.344. The van der Waals surface area contributed by atoms with Gasteiger partial charge in [-0.1, -0.05) is 13.2 Å². The number of amides is 2. The first-order valence-electron chi connectivity index (χ1n) is 8.90. The zero-order valence-electron chi connectivity index (χ0n) is 15.6. The van der Waals surface area contributed by atoms with Crippen LogP contribution in [0.15, 0.2) is 25.3 Å². The van der Waals surface area contributed by atoms with Crippen LogP contribution in [-0.2, 0) is 23.9 Å². The van der Waals surface area contributed by atoms with E-state index in [4.69, 9.17) is 16.2 Å². The highest BCUT2D eigenvalue weighted by atomic mass is 16.6. The number of hydrogen-bond donors (Lipinski definition) is 4. The molecule has 0 bridgehead atoms. The summed E-state index contributed by atoms with van der Waals surface area (Å²) in [4.78, 5) is 46.5. The SMILES string of the molecule is C=CC(=O)NCCCC[C@H](N)C(=O)OC(=O)[C@H](CCCCN)NC(=O)C=C. The van der Waals surface area contributed by atoms with Crippen molar-refractivity contribution in [1.29, 1.82) is 0 Å². The molecule has 0 radical (unpaired) electrons. The van der Waals surface area contributed by atoms with Crippen LogP contribution in [-0.4, -0.2) is 48.9 Å². The monoisotopic (exact) mass is 382 g/mol. The van der Waals surface area contributed by atoms with E-state index in [2.05, 4.69) is 23.8 Å². The molecule has 0 aromatic carbocycles. The van der Waals surface area contributed by atoms with Crippen LogP contribution in [0.5, 0.6) is 0 Å². The molecule has 2 amide bonds. The normalized spacial score (nSPS) is 12.4. The highest BCUT2D eigenvalue weighted by Crippen LogP contribution is 2.06. The van der Waals surface area contributed by atoms with Gasteiger partial charge >= 0.3 is 11.9 Å². The second kappa shape index (κ2) is 14.6. The zero-order valence-corrected chi connectivity index (χ0v) is 15.6. The number of nitrogens with one attached hydrogen (secondary N) is 2. The molecular formula is C18H30N4O5. The van der Waals surface area contributed by atoms with Crippen LogP contribution in [0.3, 0.4) is 0 Å². The van der Waals surface area contributed by atoms with Gasteiger partial charge in [-0.25, -0.2) is 9.59 Å². The van der Waals surface area contributed by atoms with Gasteiger partial charge < -0.3 is 26.8 Å². The van der Waals surface area contributed by atoms with Gasteiger partial charge in [-0.3, -0.25) is 9.59 Å². The largest absolute Gasteiger partial charge is 0.390 e. The second-order valence-electron chi connectivity index (χ2n) is 5.89. The van der Waals surface area contributed by atoms with Gasteiger partial charge in [0.25, 0.3) is 0 Å². The summed E-state index contributed by atoms with van der Waals surface area (Å²) in [7, 11) is 0. The van der Waals surface area contributed by atoms with Crippen LogP contribution in [0.25, 0.3) is 0 Å². The first kappa shape index (κ1) is 24.5. The number of nitrogens with two attached hydrogens (primary N) is 2. The number of esters is 2. The lowest BCUT2D eigenvalue weighted by Gasteiger charge is -2.17. The van der Waals surface area contributed by atoms with Crippen molar-refractivity contribution in [2.24, 2.45) is 11.5 Å². The molecule has 0 saturated heterocycles. The van der Waals surface area contributed by atoms with E-state index in [1.165, 1.54) is 6.08 Å². The molecule has 0 aromatic heterocycles. The van der Waals surface area contributed by atoms with Crippen LogP contribution in [0.1, 0.15) is 38.5 Å². The van der Waals surface area contributed by atoms with Crippen molar-refractivity contribution >= 4 is 23.8 Å². The van der Waals surface area contributed by atoms with Gasteiger partial charge in [0.2, 0.25) is 11.8 Å². The van der Waals surface area contributed by atoms with Gasteiger partial charge in [-0.2, -0.15) is 0 Å². The third kappa shape index (κ3) is 11.7. The number of unbranched alkanes of at least 4 members (excludes halogenated alkanes) is 2. The average molecular weight is 382 g/mol. The lowest BCUT2D eigenvalue weighted by Crippen LogP contribution is -2.44. The summed E-state index contributed by atoms with van der Waals surface area (Å²) in [6.07, 6.45) is 5.23. The number of carbonyl (C=O) groups excluding carboxylic acids is 4. The average Bonchev–Trinajstić information content (AvgIpc) is 2.66. The molecule has 0 heterocycles. The number of ether oxygens (including phenoxy) is 1. The Hall–Kier alpha value is -2.52. The second-order valence-corrected chi connectivity index (χ2v) is 5.89. The van der Waals surface area contributed by atoms with Crippen molar-refractivity contribution in [2.45, 2.75) is 50.6 Å². The van der Waals surface area contributed by atoms with Gasteiger partial charge in [0.05, 0.1) is 0 Å². The van der Waals surface area contributed by atoms with Crippen molar-refractivity contribution < 1.29 is 23.9 Å². The van der Waals surface area contributed by atoms with E-state index >= 15 is 0 Å². The molecule has 0 aliphatic rings. The Balaban J connectivity index is 4.38. The molecule has 0 unspecified atom stereocenters. The lowest BCUT2D eigenvalue weighted by molar-refractivity contribution is -0.163. The maximum atomic E-state index is 12.2. The van der Waals surface area contributed by atoms with Crippen LogP contribution < -0.4 is 22.1 Å². The Morgan fingerprint density at radius 3 is 2.15 bits per heavy atom. The minimum absolute atomic E-state index is 0.272. The van der Waals surface area contributed by atoms with Gasteiger partial charge in [0, 0.05) is 6.54 Å². The van der Waals surface area contributed by atoms with E-state index in [-0.39, 0.29) is 5.91 Å². The molecule has 2 atom stereocenters. The molecule has 0 aromatic rings. The Bertz CT molecular complexity index is 536. The zero-order chi connectivity index (χ0) is 20.7. The van der Waals surface area contributed by atoms with Gasteiger partial charge in [0.15, 0.2) is 0 Å². The first-order valence-corrected chi connectivity index (χ1v) is 8.90. The molecule has 0 rings (SSSR count). The Morgan fingerprint density at radius 2 is 1.56 bits per heavy atom. The molecule has 152 valence electrons. The van der Waals surface area contributed by atoms with Crippen molar-refractivity contribution in [3.63, 3.8) is 0 Å². The lowest BCUT2D eigenvalue weighted by atomic mass is 10.1. The Morgan fingerprint density at radius 1 is 0.926 bits per heavy atom. The molecule has 0 fully saturated rings. The van der Waals surface area contributed by atoms with Crippen molar-refractivity contribution in [3.8, 4) is 0 Å². The van der Waals surface area contributed by atoms with Gasteiger partial charge in [-0.15, -0.1) is 0 Å². The molecule has 0 spiro atoms. The van der Waals surface area contributed by atoms with Crippen LogP contribution in [0, 0.1) is 0 Å². The van der Waals surface area contributed by atoms with Crippen molar-refractivity contribution in [2.75, 3.05) is 13.1 Å².